The SMILES string of the molecule is Cn1ncnc1CC(CN)(C(=O)O)c1cc(F)cc(F)c1. The number of carbonyl (C=O) groups is 1. The highest BCUT2D eigenvalue weighted by molar-refractivity contribution is 5.82. The third-order valence-electron chi connectivity index (χ3n) is 3.44. The zero-order valence-corrected chi connectivity index (χ0v) is 11.3. The van der Waals surface area contributed by atoms with E-state index in [1.807, 2.05) is 0 Å². The number of carboxylic acids is 1. The summed E-state index contributed by atoms with van der Waals surface area (Å²) in [6.45, 7) is -0.335. The summed E-state index contributed by atoms with van der Waals surface area (Å²) in [4.78, 5) is 15.7. The van der Waals surface area contributed by atoms with Gasteiger partial charge < -0.3 is 10.8 Å². The van der Waals surface area contributed by atoms with Crippen LogP contribution in [0.15, 0.2) is 24.5 Å². The van der Waals surface area contributed by atoms with Crippen molar-refractivity contribution in [3.63, 3.8) is 0 Å². The van der Waals surface area contributed by atoms with E-state index >= 15 is 0 Å². The predicted octanol–water partition coefficient (Wildman–Crippen LogP) is 0.617. The summed E-state index contributed by atoms with van der Waals surface area (Å²) in [5.41, 5.74) is 3.90. The number of halogens is 2. The molecule has 21 heavy (non-hydrogen) atoms. The Hall–Kier alpha value is -2.35. The Labute approximate surface area is 119 Å². The molecule has 2 rings (SSSR count). The Balaban J connectivity index is 2.56. The van der Waals surface area contributed by atoms with E-state index in [9.17, 15) is 18.7 Å². The average Bonchev–Trinajstić information content (AvgIpc) is 2.79. The number of hydrogen-bond acceptors (Lipinski definition) is 4. The predicted molar refractivity (Wildman–Crippen MR) is 69.4 cm³/mol. The molecule has 0 radical (unpaired) electrons. The first-order valence-electron chi connectivity index (χ1n) is 6.12. The van der Waals surface area contributed by atoms with Crippen LogP contribution < -0.4 is 5.73 Å². The van der Waals surface area contributed by atoms with Gasteiger partial charge in [0, 0.05) is 26.1 Å². The highest BCUT2D eigenvalue weighted by Crippen LogP contribution is 2.29. The molecule has 0 saturated heterocycles. The summed E-state index contributed by atoms with van der Waals surface area (Å²) in [5.74, 6) is -2.64. The van der Waals surface area contributed by atoms with Crippen molar-refractivity contribution in [2.75, 3.05) is 6.54 Å². The molecule has 1 heterocycles. The Morgan fingerprint density at radius 1 is 1.38 bits per heavy atom. The van der Waals surface area contributed by atoms with Crippen molar-refractivity contribution in [3.05, 3.63) is 47.5 Å². The van der Waals surface area contributed by atoms with E-state index in [4.69, 9.17) is 5.73 Å². The van der Waals surface area contributed by atoms with E-state index in [1.165, 1.54) is 11.0 Å². The molecule has 112 valence electrons. The van der Waals surface area contributed by atoms with E-state index in [2.05, 4.69) is 10.1 Å². The summed E-state index contributed by atoms with van der Waals surface area (Å²) in [6, 6.07) is 2.62. The fraction of sp³-hybridized carbons (Fsp3) is 0.308. The van der Waals surface area contributed by atoms with Crippen molar-refractivity contribution < 1.29 is 18.7 Å². The molecule has 0 saturated carbocycles. The molecule has 6 nitrogen and oxygen atoms in total. The molecule has 0 fully saturated rings. The minimum Gasteiger partial charge on any atom is -0.481 e. The van der Waals surface area contributed by atoms with E-state index in [1.54, 1.807) is 7.05 Å². The largest absolute Gasteiger partial charge is 0.481 e. The Morgan fingerprint density at radius 3 is 2.43 bits per heavy atom. The first kappa shape index (κ1) is 15.0. The van der Waals surface area contributed by atoms with Gasteiger partial charge in [-0.1, -0.05) is 0 Å². The van der Waals surface area contributed by atoms with Gasteiger partial charge in [-0.2, -0.15) is 5.10 Å². The van der Waals surface area contributed by atoms with Crippen molar-refractivity contribution in [3.8, 4) is 0 Å². The molecule has 0 aliphatic rings. The topological polar surface area (TPSA) is 94.0 Å². The summed E-state index contributed by atoms with van der Waals surface area (Å²) in [7, 11) is 1.59. The maximum absolute atomic E-state index is 13.4. The number of aryl methyl sites for hydroxylation is 1. The fourth-order valence-corrected chi connectivity index (χ4v) is 2.16. The van der Waals surface area contributed by atoms with Crippen LogP contribution in [0.3, 0.4) is 0 Å². The third kappa shape index (κ3) is 2.75. The number of hydrogen-bond donors (Lipinski definition) is 2. The number of nitrogens with two attached hydrogens (primary N) is 1. The van der Waals surface area contributed by atoms with Crippen LogP contribution in [0.5, 0.6) is 0 Å². The second-order valence-corrected chi connectivity index (χ2v) is 4.73. The van der Waals surface area contributed by atoms with Gasteiger partial charge in [0.1, 0.15) is 29.2 Å². The number of nitrogens with zero attached hydrogens (tertiary/aromatic N) is 3. The molecular weight excluding hydrogens is 282 g/mol. The van der Waals surface area contributed by atoms with Gasteiger partial charge >= 0.3 is 5.97 Å². The highest BCUT2D eigenvalue weighted by Gasteiger charge is 2.41. The van der Waals surface area contributed by atoms with Crippen molar-refractivity contribution >= 4 is 5.97 Å². The lowest BCUT2D eigenvalue weighted by atomic mass is 9.77. The van der Waals surface area contributed by atoms with Crippen LogP contribution in [0.1, 0.15) is 11.4 Å². The van der Waals surface area contributed by atoms with Gasteiger partial charge in [-0.05, 0) is 17.7 Å². The minimum atomic E-state index is -1.68. The van der Waals surface area contributed by atoms with Gasteiger partial charge in [0.25, 0.3) is 0 Å². The summed E-state index contributed by atoms with van der Waals surface area (Å²) in [5, 5.41) is 13.4. The molecule has 1 atom stereocenters. The summed E-state index contributed by atoms with van der Waals surface area (Å²) in [6.07, 6.45) is 1.14. The lowest BCUT2D eigenvalue weighted by Crippen LogP contribution is -2.45. The van der Waals surface area contributed by atoms with Gasteiger partial charge in [-0.15, -0.1) is 0 Å². The van der Waals surface area contributed by atoms with Crippen LogP contribution in [-0.4, -0.2) is 32.4 Å². The number of carboxylic acid groups (broad SMARTS) is 1. The van der Waals surface area contributed by atoms with Crippen LogP contribution in [-0.2, 0) is 23.7 Å². The van der Waals surface area contributed by atoms with Crippen molar-refractivity contribution in [2.24, 2.45) is 12.8 Å². The summed E-state index contributed by atoms with van der Waals surface area (Å²) < 4.78 is 28.2. The van der Waals surface area contributed by atoms with E-state index in [0.29, 0.717) is 11.9 Å². The molecule has 1 unspecified atom stereocenters. The van der Waals surface area contributed by atoms with Crippen molar-refractivity contribution in [1.82, 2.24) is 14.8 Å². The number of aliphatic carboxylic acids is 1. The minimum absolute atomic E-state index is 0.0435. The molecule has 2 aromatic rings. The van der Waals surface area contributed by atoms with Crippen LogP contribution in [0.4, 0.5) is 8.78 Å². The average molecular weight is 296 g/mol. The molecule has 0 bridgehead atoms. The Kier molecular flexibility index (Phi) is 3.99. The number of rotatable bonds is 5. The molecule has 0 aliphatic heterocycles. The molecular formula is C13H14F2N4O2. The van der Waals surface area contributed by atoms with Gasteiger partial charge in [-0.25, -0.2) is 13.8 Å². The quantitative estimate of drug-likeness (QED) is 0.843. The van der Waals surface area contributed by atoms with Gasteiger partial charge in [0.05, 0.1) is 0 Å². The van der Waals surface area contributed by atoms with Crippen LogP contribution in [0.2, 0.25) is 0 Å². The van der Waals surface area contributed by atoms with Gasteiger partial charge in [-0.3, -0.25) is 9.48 Å². The second-order valence-electron chi connectivity index (χ2n) is 4.73. The molecule has 0 amide bonds. The van der Waals surface area contributed by atoms with Crippen molar-refractivity contribution in [2.45, 2.75) is 11.8 Å². The normalized spacial score (nSPS) is 13.9. The van der Waals surface area contributed by atoms with Crippen LogP contribution in [0.25, 0.3) is 0 Å². The first-order valence-corrected chi connectivity index (χ1v) is 6.12. The van der Waals surface area contributed by atoms with Gasteiger partial charge in [0.2, 0.25) is 0 Å². The smallest absolute Gasteiger partial charge is 0.315 e. The van der Waals surface area contributed by atoms with E-state index in [0.717, 1.165) is 12.1 Å². The highest BCUT2D eigenvalue weighted by atomic mass is 19.1. The molecule has 1 aromatic carbocycles. The second kappa shape index (κ2) is 5.57. The van der Waals surface area contributed by atoms with Crippen LogP contribution in [0, 0.1) is 11.6 Å². The van der Waals surface area contributed by atoms with Crippen molar-refractivity contribution in [1.29, 1.82) is 0 Å². The monoisotopic (exact) mass is 296 g/mol. The lowest BCUT2D eigenvalue weighted by molar-refractivity contribution is -0.143. The number of aromatic nitrogens is 3. The maximum atomic E-state index is 13.4. The standard InChI is InChI=1S/C13H14F2N4O2/c1-19-11(17-7-18-19)5-13(6-16,12(20)21)8-2-9(14)4-10(15)3-8/h2-4,7H,5-6,16H2,1H3,(H,20,21). The molecule has 3 N–H and O–H groups in total. The molecule has 0 aliphatic carbocycles. The third-order valence-corrected chi connectivity index (χ3v) is 3.44. The molecule has 1 aromatic heterocycles. The maximum Gasteiger partial charge on any atom is 0.315 e. The Morgan fingerprint density at radius 2 is 2.00 bits per heavy atom. The number of benzene rings is 1. The fourth-order valence-electron chi connectivity index (χ4n) is 2.16. The zero-order chi connectivity index (χ0) is 15.6. The van der Waals surface area contributed by atoms with Gasteiger partial charge in [0.15, 0.2) is 0 Å². The van der Waals surface area contributed by atoms with Crippen LogP contribution >= 0.6 is 0 Å². The Bertz CT molecular complexity index is 654. The summed E-state index contributed by atoms with van der Waals surface area (Å²) >= 11 is 0. The lowest BCUT2D eigenvalue weighted by Gasteiger charge is -2.28. The van der Waals surface area contributed by atoms with E-state index < -0.39 is 23.0 Å². The molecule has 0 spiro atoms. The zero-order valence-electron chi connectivity index (χ0n) is 11.3. The van der Waals surface area contributed by atoms with E-state index in [-0.39, 0.29) is 18.5 Å². The first-order chi connectivity index (χ1) is 9.89. The molecule has 8 heteroatoms.